The normalized spacial score (nSPS) is 13.4. The van der Waals surface area contributed by atoms with E-state index in [4.69, 9.17) is 23.8 Å². The molecular weight excluding hydrogens is 1450 g/mol. The van der Waals surface area contributed by atoms with Crippen LogP contribution in [0, 0.1) is 26.2 Å². The largest absolute Gasteiger partial charge is 0.496 e. The van der Waals surface area contributed by atoms with Crippen LogP contribution in [0.25, 0.3) is 11.1 Å². The molecule has 1 fully saturated rings. The number of carbonyl (C=O) groups is 6. The summed E-state index contributed by atoms with van der Waals surface area (Å²) in [5.41, 5.74) is 6.14. The number of ether oxygens (including phenoxy) is 5. The van der Waals surface area contributed by atoms with E-state index >= 15 is 0 Å². The highest BCUT2D eigenvalue weighted by Crippen LogP contribution is 2.37. The number of amides is 4. The van der Waals surface area contributed by atoms with Crippen LogP contribution >= 0.6 is 11.3 Å². The molecule has 36 heteroatoms. The van der Waals surface area contributed by atoms with Gasteiger partial charge >= 0.3 is 24.0 Å². The third-order valence-corrected chi connectivity index (χ3v) is 20.9. The molecule has 1 aliphatic carbocycles. The van der Waals surface area contributed by atoms with E-state index in [-0.39, 0.29) is 89.1 Å². The molecule has 4 aromatic carbocycles. The monoisotopic (exact) mass is 1520 g/mol. The Labute approximate surface area is 609 Å². The van der Waals surface area contributed by atoms with Gasteiger partial charge in [-0.1, -0.05) is 48.8 Å². The topological polar surface area (TPSA) is 424 Å². The van der Waals surface area contributed by atoms with Crippen LogP contribution in [0.4, 0.5) is 10.7 Å². The van der Waals surface area contributed by atoms with Gasteiger partial charge in [-0.05, 0) is 149 Å². The number of nitrogens with zero attached hydrogens (tertiary/aromatic N) is 8. The number of aryl methyl sites for hydroxylation is 5. The van der Waals surface area contributed by atoms with Gasteiger partial charge in [-0.2, -0.15) is 20.1 Å². The van der Waals surface area contributed by atoms with Crippen LogP contribution in [0.15, 0.2) is 115 Å². The number of hydrogen-bond donors (Lipinski definition) is 5. The van der Waals surface area contributed by atoms with Crippen LogP contribution in [0.5, 0.6) is 23.5 Å². The number of rotatable bonds is 19. The molecule has 0 bridgehead atoms. The predicted molar refractivity (Wildman–Crippen MR) is 384 cm³/mol. The molecule has 4 aromatic heterocycles. The Hall–Kier alpha value is -10.7. The average Bonchev–Trinajstić information content (AvgIpc) is 1.67. The first-order valence-electron chi connectivity index (χ1n) is 32.5. The van der Waals surface area contributed by atoms with Crippen LogP contribution in [-0.2, 0) is 82.0 Å². The minimum absolute atomic E-state index is 0.0449. The summed E-state index contributed by atoms with van der Waals surface area (Å²) < 4.78 is 108. The fourth-order valence-electron chi connectivity index (χ4n) is 10.6. The van der Waals surface area contributed by atoms with Gasteiger partial charge in [-0.15, -0.1) is 11.3 Å². The zero-order chi connectivity index (χ0) is 77.0. The van der Waals surface area contributed by atoms with Gasteiger partial charge in [0, 0.05) is 42.5 Å². The molecule has 0 unspecified atom stereocenters. The van der Waals surface area contributed by atoms with Crippen molar-refractivity contribution in [3.8, 4) is 34.6 Å². The summed E-state index contributed by atoms with van der Waals surface area (Å²) >= 11 is 0.872. The molecule has 4 amide bonds. The molecule has 560 valence electrons. The number of para-hydroxylation sites is 1. The lowest BCUT2D eigenvalue weighted by Crippen LogP contribution is -2.35. The summed E-state index contributed by atoms with van der Waals surface area (Å²) in [7, 11) is -6.54. The molecule has 0 atom stereocenters. The molecule has 0 saturated heterocycles. The minimum Gasteiger partial charge on any atom is -0.496 e. The number of ketones is 1. The molecular formula is C69H80N12O20S4. The standard InChI is InChI=1S/C23H32N2O4.C18H18N2O5S.C16H17N3O5S.C12H13N5O6S2/c1-7-16-13-15(3)14-17(8-2)18(16)19-20(26)24-9-11-28-12-10-25(24)21(19)29-22(27)23(4,5)6;1-25-16-5-3-2-4-15(16)18(22)20-26(23,24)14-10-6-12(7-11-14)17(21)19-13-8-9-13;1-9-10(15(20)11-8-17-19(2)16(11)21)4-5-13(25(3,22)23)14(9)12-6-7-24-18-12;1-6-13-10(16-12(14-6)23-3)15-11(19)17-25(20,21)7-4-5-24-8(7)9(18)22-2/h13-14H,7-12H2,1-6H3;2-7,10-11,13H,8-9H2,1H3,(H,19,21)(H,20,22);4-5,8,21H,6-7H2,1-3H3;4-5H,1-3H3,(H2,13,14,15,16,17,19). The van der Waals surface area contributed by atoms with Crippen LogP contribution in [0.2, 0.25) is 0 Å². The molecule has 5 N–H and O–H groups in total. The van der Waals surface area contributed by atoms with E-state index in [0.29, 0.717) is 73.2 Å². The lowest BCUT2D eigenvalue weighted by molar-refractivity contribution is -0.143. The van der Waals surface area contributed by atoms with Crippen molar-refractivity contribution < 1.29 is 87.6 Å². The Bertz CT molecular complexity index is 5070. The smallest absolute Gasteiger partial charge is 0.349 e. The third-order valence-electron chi connectivity index (χ3n) is 16.0. The maximum Gasteiger partial charge on any atom is 0.349 e. The van der Waals surface area contributed by atoms with Crippen molar-refractivity contribution in [1.29, 1.82) is 0 Å². The maximum absolute atomic E-state index is 13.5. The predicted octanol–water partition coefficient (Wildman–Crippen LogP) is 7.18. The molecule has 11 rings (SSSR count). The first-order valence-corrected chi connectivity index (χ1v) is 38.2. The summed E-state index contributed by atoms with van der Waals surface area (Å²) in [6.07, 6.45) is 6.36. The first kappa shape index (κ1) is 80.0. The molecule has 0 spiro atoms. The number of esters is 2. The van der Waals surface area contributed by atoms with Crippen LogP contribution in [-0.4, -0.2) is 159 Å². The molecule has 8 aromatic rings. The van der Waals surface area contributed by atoms with Crippen molar-refractivity contribution >= 4 is 88.4 Å². The van der Waals surface area contributed by atoms with E-state index < -0.39 is 59.0 Å². The zero-order valence-electron chi connectivity index (χ0n) is 59.7. The first-order chi connectivity index (χ1) is 49.6. The molecule has 0 radical (unpaired) electrons. The highest BCUT2D eigenvalue weighted by molar-refractivity contribution is 7.91. The van der Waals surface area contributed by atoms with Crippen molar-refractivity contribution in [1.82, 2.24) is 48.9 Å². The maximum atomic E-state index is 13.5. The number of sulfonamides is 2. The lowest BCUT2D eigenvalue weighted by Gasteiger charge is -2.19. The quantitative estimate of drug-likeness (QED) is 0.0395. The van der Waals surface area contributed by atoms with E-state index in [0.717, 1.165) is 67.1 Å². The van der Waals surface area contributed by atoms with Gasteiger partial charge in [0.05, 0.1) is 80.3 Å². The number of urea groups is 1. The number of hydrogen-bond acceptors (Lipinski definition) is 26. The van der Waals surface area contributed by atoms with Gasteiger partial charge in [0.25, 0.3) is 37.4 Å². The van der Waals surface area contributed by atoms with Gasteiger partial charge in [0.15, 0.2) is 15.6 Å². The van der Waals surface area contributed by atoms with Crippen LogP contribution < -0.4 is 39.8 Å². The van der Waals surface area contributed by atoms with Crippen LogP contribution in [0.3, 0.4) is 0 Å². The third kappa shape index (κ3) is 19.4. The van der Waals surface area contributed by atoms with E-state index in [1.54, 1.807) is 39.2 Å². The zero-order valence-corrected chi connectivity index (χ0v) is 63.0. The fourth-order valence-corrected chi connectivity index (χ4v) is 14.8. The number of nitrogens with one attached hydrogen (secondary N) is 4. The second-order valence-corrected chi connectivity index (χ2v) is 31.0. The summed E-state index contributed by atoms with van der Waals surface area (Å²) in [5.74, 6) is -2.23. The molecule has 1 saturated carbocycles. The number of thiophene rings is 1. The Morgan fingerprint density at radius 2 is 1.39 bits per heavy atom. The number of aromatic nitrogens is 7. The van der Waals surface area contributed by atoms with Crippen molar-refractivity contribution in [2.24, 2.45) is 17.6 Å². The number of anilines is 1. The van der Waals surface area contributed by atoms with Crippen molar-refractivity contribution in [3.05, 3.63) is 162 Å². The number of aromatic hydroxyl groups is 1. The van der Waals surface area contributed by atoms with Gasteiger partial charge in [-0.25, -0.2) is 58.3 Å². The van der Waals surface area contributed by atoms with Crippen molar-refractivity contribution in [2.75, 3.05) is 52.7 Å². The number of fused-ring (bicyclic) bond motifs is 1. The van der Waals surface area contributed by atoms with E-state index in [1.165, 1.54) is 98.5 Å². The van der Waals surface area contributed by atoms with Gasteiger partial charge in [0.2, 0.25) is 17.7 Å². The van der Waals surface area contributed by atoms with Crippen molar-refractivity contribution in [3.63, 3.8) is 0 Å². The Morgan fingerprint density at radius 3 is 1.96 bits per heavy atom. The van der Waals surface area contributed by atoms with Crippen molar-refractivity contribution in [2.45, 2.75) is 121 Å². The summed E-state index contributed by atoms with van der Waals surface area (Å²) in [5, 5.41) is 24.1. The minimum atomic E-state index is -4.30. The molecule has 105 heavy (non-hydrogen) atoms. The molecule has 32 nitrogen and oxygen atoms in total. The second kappa shape index (κ2) is 33.8. The number of carbonyl (C=O) groups excluding carboxylic acids is 6. The van der Waals surface area contributed by atoms with Gasteiger partial charge in [0.1, 0.15) is 39.1 Å². The highest BCUT2D eigenvalue weighted by Gasteiger charge is 2.34. The highest BCUT2D eigenvalue weighted by atomic mass is 32.2. The lowest BCUT2D eigenvalue weighted by atomic mass is 9.91. The number of sulfone groups is 1. The molecule has 3 aliphatic rings. The SMILES string of the molecule is CCc1cc(C)cc(CC)c1-c1c(OC(=O)C(C)(C)C)n2n(c1=O)CCOCC2.COC(=O)c1sccc1S(=O)(=O)NC(=O)Nc1nc(C)nc(OC)n1.COc1ccccc1C(=O)NS(=O)(=O)c1ccc(C(=O)NC2CC2)cc1.Cc1c(C(=O)c2cnn(C)c2O)ccc(S(C)(=O)=O)c1C1=NOCC1. The second-order valence-electron chi connectivity index (χ2n) is 24.8. The van der Waals surface area contributed by atoms with Gasteiger partial charge < -0.3 is 38.9 Å². The number of benzene rings is 4. The average molecular weight is 1530 g/mol. The summed E-state index contributed by atoms with van der Waals surface area (Å²) in [6, 6.07) is 19.1. The number of methoxy groups -OCH3 is 3. The summed E-state index contributed by atoms with van der Waals surface area (Å²) in [6.45, 7) is 17.1. The fraction of sp³-hybridized carbons (Fsp3) is 0.362. The van der Waals surface area contributed by atoms with E-state index in [1.807, 2.05) is 25.5 Å². The number of oxime groups is 1. The van der Waals surface area contributed by atoms with Crippen LogP contribution in [0.1, 0.15) is 134 Å². The van der Waals surface area contributed by atoms with Gasteiger partial charge in [-0.3, -0.25) is 29.3 Å². The van der Waals surface area contributed by atoms with E-state index in [9.17, 15) is 63.9 Å². The Kier molecular flexibility index (Phi) is 25.8. The molecule has 6 heterocycles. The van der Waals surface area contributed by atoms with E-state index in [2.05, 4.69) is 73.5 Å². The molecule has 2 aliphatic heterocycles. The Morgan fingerprint density at radius 1 is 0.733 bits per heavy atom. The Balaban J connectivity index is 0.000000177. The summed E-state index contributed by atoms with van der Waals surface area (Å²) in [4.78, 5) is 103.